The molecule has 0 saturated heterocycles. The lowest BCUT2D eigenvalue weighted by Gasteiger charge is -2.11. The van der Waals surface area contributed by atoms with Crippen LogP contribution >= 0.6 is 23.1 Å². The maximum absolute atomic E-state index is 13.2. The van der Waals surface area contributed by atoms with Crippen LogP contribution in [0.5, 0.6) is 11.5 Å². The molecule has 0 aliphatic heterocycles. The first kappa shape index (κ1) is 21.2. The lowest BCUT2D eigenvalue weighted by atomic mass is 10.2. The van der Waals surface area contributed by atoms with Gasteiger partial charge in [0.05, 0.1) is 36.7 Å². The summed E-state index contributed by atoms with van der Waals surface area (Å²) in [5, 5.41) is 6.52. The SMILES string of the molecule is COc1ccc(-c2noc(CSc3nc4ccsc4c(=O)n3-c3ccccc3)n2)c(OC)c1. The summed E-state index contributed by atoms with van der Waals surface area (Å²) in [5.41, 5.74) is 2.02. The third-order valence-electron chi connectivity index (χ3n) is 4.91. The van der Waals surface area contributed by atoms with Crippen molar-refractivity contribution in [2.24, 2.45) is 0 Å². The monoisotopic (exact) mass is 478 g/mol. The maximum Gasteiger partial charge on any atom is 0.276 e. The molecule has 10 heteroatoms. The van der Waals surface area contributed by atoms with E-state index in [4.69, 9.17) is 19.0 Å². The van der Waals surface area contributed by atoms with Crippen LogP contribution in [0.2, 0.25) is 0 Å². The number of nitrogens with zero attached hydrogens (tertiary/aromatic N) is 4. The summed E-state index contributed by atoms with van der Waals surface area (Å²) in [6.07, 6.45) is 0. The minimum atomic E-state index is -0.0992. The molecule has 33 heavy (non-hydrogen) atoms. The van der Waals surface area contributed by atoms with Gasteiger partial charge in [-0.3, -0.25) is 9.36 Å². The first-order chi connectivity index (χ1) is 16.2. The zero-order valence-electron chi connectivity index (χ0n) is 17.7. The van der Waals surface area contributed by atoms with Crippen LogP contribution in [-0.2, 0) is 5.75 Å². The van der Waals surface area contributed by atoms with Crippen LogP contribution in [0.1, 0.15) is 5.89 Å². The van der Waals surface area contributed by atoms with E-state index in [-0.39, 0.29) is 5.56 Å². The number of thiophene rings is 1. The van der Waals surface area contributed by atoms with Crippen molar-refractivity contribution in [3.05, 3.63) is 76.2 Å². The van der Waals surface area contributed by atoms with E-state index >= 15 is 0 Å². The van der Waals surface area contributed by atoms with Gasteiger partial charge in [0.1, 0.15) is 16.2 Å². The molecule has 166 valence electrons. The van der Waals surface area contributed by atoms with Gasteiger partial charge < -0.3 is 14.0 Å². The van der Waals surface area contributed by atoms with Gasteiger partial charge >= 0.3 is 0 Å². The normalized spacial score (nSPS) is 11.1. The fraction of sp³-hybridized carbons (Fsp3) is 0.130. The van der Waals surface area contributed by atoms with Crippen LogP contribution in [0, 0.1) is 0 Å². The van der Waals surface area contributed by atoms with Crippen LogP contribution in [0.25, 0.3) is 27.3 Å². The largest absolute Gasteiger partial charge is 0.497 e. The van der Waals surface area contributed by atoms with Gasteiger partial charge in [0.15, 0.2) is 5.16 Å². The molecule has 0 saturated carbocycles. The van der Waals surface area contributed by atoms with Crippen LogP contribution in [0.3, 0.4) is 0 Å². The molecule has 0 aliphatic rings. The van der Waals surface area contributed by atoms with Crippen molar-refractivity contribution in [1.82, 2.24) is 19.7 Å². The summed E-state index contributed by atoms with van der Waals surface area (Å²) in [5.74, 6) is 2.42. The Labute approximate surface area is 196 Å². The molecule has 0 spiro atoms. The highest BCUT2D eigenvalue weighted by atomic mass is 32.2. The van der Waals surface area contributed by atoms with Crippen molar-refractivity contribution < 1.29 is 14.0 Å². The second-order valence-electron chi connectivity index (χ2n) is 6.87. The zero-order chi connectivity index (χ0) is 22.8. The Morgan fingerprint density at radius 3 is 2.70 bits per heavy atom. The smallest absolute Gasteiger partial charge is 0.276 e. The van der Waals surface area contributed by atoms with Crippen molar-refractivity contribution in [3.63, 3.8) is 0 Å². The van der Waals surface area contributed by atoms with E-state index in [2.05, 4.69) is 10.1 Å². The van der Waals surface area contributed by atoms with Gasteiger partial charge in [0.25, 0.3) is 5.56 Å². The molecule has 5 aromatic rings. The predicted octanol–water partition coefficient (Wildman–Crippen LogP) is 4.81. The van der Waals surface area contributed by atoms with E-state index in [1.54, 1.807) is 30.9 Å². The summed E-state index contributed by atoms with van der Waals surface area (Å²) < 4.78 is 18.4. The van der Waals surface area contributed by atoms with Crippen molar-refractivity contribution in [3.8, 4) is 28.6 Å². The Balaban J connectivity index is 1.46. The fourth-order valence-corrected chi connectivity index (χ4v) is 4.94. The lowest BCUT2D eigenvalue weighted by Crippen LogP contribution is -2.20. The zero-order valence-corrected chi connectivity index (χ0v) is 19.4. The number of para-hydroxylation sites is 1. The van der Waals surface area contributed by atoms with E-state index in [1.807, 2.05) is 47.8 Å². The number of thioether (sulfide) groups is 1. The first-order valence-electron chi connectivity index (χ1n) is 9.91. The molecule has 0 aliphatic carbocycles. The molecule has 0 bridgehead atoms. The van der Waals surface area contributed by atoms with Gasteiger partial charge in [0, 0.05) is 6.07 Å². The van der Waals surface area contributed by atoms with Gasteiger partial charge in [-0.15, -0.1) is 11.3 Å². The number of ether oxygens (including phenoxy) is 2. The highest BCUT2D eigenvalue weighted by Crippen LogP contribution is 2.32. The third-order valence-corrected chi connectivity index (χ3v) is 6.72. The average molecular weight is 479 g/mol. The van der Waals surface area contributed by atoms with Crippen LogP contribution in [-0.4, -0.2) is 33.9 Å². The maximum atomic E-state index is 13.2. The summed E-state index contributed by atoms with van der Waals surface area (Å²) in [7, 11) is 3.17. The fourth-order valence-electron chi connectivity index (χ4n) is 3.33. The van der Waals surface area contributed by atoms with Gasteiger partial charge in [-0.25, -0.2) is 4.98 Å². The molecule has 2 aromatic carbocycles. The summed E-state index contributed by atoms with van der Waals surface area (Å²) in [6.45, 7) is 0. The summed E-state index contributed by atoms with van der Waals surface area (Å²) in [4.78, 5) is 22.4. The highest BCUT2D eigenvalue weighted by Gasteiger charge is 2.18. The Kier molecular flexibility index (Phi) is 5.84. The standard InChI is InChI=1S/C23H18N4O4S2/c1-29-15-8-9-16(18(12-15)30-2)21-25-19(31-26-21)13-33-23-24-17-10-11-32-20(17)22(28)27(23)14-6-4-3-5-7-14/h3-12H,13H2,1-2H3. The number of methoxy groups -OCH3 is 2. The van der Waals surface area contributed by atoms with Crippen molar-refractivity contribution in [1.29, 1.82) is 0 Å². The predicted molar refractivity (Wildman–Crippen MR) is 128 cm³/mol. The third kappa shape index (κ3) is 4.10. The van der Waals surface area contributed by atoms with E-state index in [1.165, 1.54) is 23.1 Å². The second-order valence-corrected chi connectivity index (χ2v) is 8.73. The number of benzene rings is 2. The molecule has 0 fully saturated rings. The second kappa shape index (κ2) is 9.08. The Morgan fingerprint density at radius 2 is 1.91 bits per heavy atom. The number of hydrogen-bond acceptors (Lipinski definition) is 9. The van der Waals surface area contributed by atoms with Gasteiger partial charge in [-0.2, -0.15) is 4.98 Å². The van der Waals surface area contributed by atoms with E-state index < -0.39 is 0 Å². The highest BCUT2D eigenvalue weighted by molar-refractivity contribution is 7.98. The molecule has 3 heterocycles. The van der Waals surface area contributed by atoms with Crippen LogP contribution in [0.15, 0.2) is 74.5 Å². The molecule has 0 atom stereocenters. The van der Waals surface area contributed by atoms with Gasteiger partial charge in [-0.1, -0.05) is 35.1 Å². The van der Waals surface area contributed by atoms with Crippen molar-refractivity contribution in [2.75, 3.05) is 14.2 Å². The quantitative estimate of drug-likeness (QED) is 0.243. The molecular weight excluding hydrogens is 460 g/mol. The molecule has 3 aromatic heterocycles. The molecule has 0 amide bonds. The van der Waals surface area contributed by atoms with E-state index in [9.17, 15) is 4.79 Å². The molecule has 0 radical (unpaired) electrons. The van der Waals surface area contributed by atoms with Crippen molar-refractivity contribution >= 4 is 33.3 Å². The molecular formula is C23H18N4O4S2. The van der Waals surface area contributed by atoms with E-state index in [0.717, 1.165) is 5.69 Å². The van der Waals surface area contributed by atoms with Gasteiger partial charge in [0.2, 0.25) is 11.7 Å². The van der Waals surface area contributed by atoms with Crippen LogP contribution in [0.4, 0.5) is 0 Å². The minimum absolute atomic E-state index is 0.0992. The summed E-state index contributed by atoms with van der Waals surface area (Å²) >= 11 is 2.75. The Bertz CT molecular complexity index is 1480. The Hall–Kier alpha value is -3.63. The molecule has 0 N–H and O–H groups in total. The topological polar surface area (TPSA) is 92.3 Å². The van der Waals surface area contributed by atoms with Crippen LogP contribution < -0.4 is 15.0 Å². The molecule has 5 rings (SSSR count). The van der Waals surface area contributed by atoms with Crippen molar-refractivity contribution in [2.45, 2.75) is 10.9 Å². The number of hydrogen-bond donors (Lipinski definition) is 0. The lowest BCUT2D eigenvalue weighted by molar-refractivity contribution is 0.388. The first-order valence-corrected chi connectivity index (χ1v) is 11.8. The molecule has 0 unspecified atom stereocenters. The minimum Gasteiger partial charge on any atom is -0.497 e. The number of fused-ring (bicyclic) bond motifs is 1. The average Bonchev–Trinajstić information content (AvgIpc) is 3.53. The summed E-state index contributed by atoms with van der Waals surface area (Å²) in [6, 6.07) is 16.7. The van der Waals surface area contributed by atoms with Gasteiger partial charge in [-0.05, 0) is 35.7 Å². The Morgan fingerprint density at radius 1 is 1.06 bits per heavy atom. The number of aromatic nitrogens is 4. The van der Waals surface area contributed by atoms with E-state index in [0.29, 0.717) is 49.9 Å². The molecule has 8 nitrogen and oxygen atoms in total. The number of rotatable bonds is 7.